The second-order valence-electron chi connectivity index (χ2n) is 6.65. The second kappa shape index (κ2) is 6.32. The van der Waals surface area contributed by atoms with Crippen LogP contribution < -0.4 is 5.32 Å². The molecule has 0 amide bonds. The lowest BCUT2D eigenvalue weighted by Gasteiger charge is -2.52. The minimum atomic E-state index is 0.205. The molecule has 0 bridgehead atoms. The molecule has 2 rings (SSSR count). The van der Waals surface area contributed by atoms with Crippen molar-refractivity contribution in [2.24, 2.45) is 0 Å². The Morgan fingerprint density at radius 3 is 2.30 bits per heavy atom. The minimum absolute atomic E-state index is 0.205. The Kier molecular flexibility index (Phi) is 5.14. The van der Waals surface area contributed by atoms with Crippen molar-refractivity contribution in [3.63, 3.8) is 0 Å². The van der Waals surface area contributed by atoms with Gasteiger partial charge in [-0.05, 0) is 67.0 Å². The summed E-state index contributed by atoms with van der Waals surface area (Å²) in [4.78, 5) is 2.70. The molecular formula is C17H27IN2. The van der Waals surface area contributed by atoms with Gasteiger partial charge in [-0.1, -0.05) is 26.0 Å². The molecule has 0 aliphatic carbocycles. The molecule has 0 saturated carbocycles. The van der Waals surface area contributed by atoms with Crippen molar-refractivity contribution in [3.8, 4) is 0 Å². The monoisotopic (exact) mass is 386 g/mol. The molecule has 1 aliphatic heterocycles. The first-order valence-electron chi connectivity index (χ1n) is 7.65. The molecule has 3 heteroatoms. The van der Waals surface area contributed by atoms with E-state index in [-0.39, 0.29) is 5.54 Å². The number of benzene rings is 1. The van der Waals surface area contributed by atoms with Crippen LogP contribution in [0.5, 0.6) is 0 Å². The molecule has 1 fully saturated rings. The summed E-state index contributed by atoms with van der Waals surface area (Å²) in [7, 11) is 0. The summed E-state index contributed by atoms with van der Waals surface area (Å²) in [6.45, 7) is 12.5. The summed E-state index contributed by atoms with van der Waals surface area (Å²) in [6.07, 6.45) is 2.41. The summed E-state index contributed by atoms with van der Waals surface area (Å²) in [5.41, 5.74) is 1.93. The quantitative estimate of drug-likeness (QED) is 0.786. The maximum Gasteiger partial charge on any atom is 0.0333 e. The van der Waals surface area contributed by atoms with Crippen molar-refractivity contribution in [1.29, 1.82) is 0 Å². The molecule has 1 N–H and O–H groups in total. The fourth-order valence-electron chi connectivity index (χ4n) is 3.20. The van der Waals surface area contributed by atoms with Crippen molar-refractivity contribution in [2.45, 2.75) is 58.2 Å². The van der Waals surface area contributed by atoms with E-state index in [4.69, 9.17) is 0 Å². The Balaban J connectivity index is 2.21. The van der Waals surface area contributed by atoms with Gasteiger partial charge < -0.3 is 5.32 Å². The van der Waals surface area contributed by atoms with Crippen LogP contribution >= 0.6 is 22.6 Å². The highest BCUT2D eigenvalue weighted by Crippen LogP contribution is 2.31. The zero-order valence-corrected chi connectivity index (χ0v) is 15.3. The zero-order valence-electron chi connectivity index (χ0n) is 13.2. The topological polar surface area (TPSA) is 15.3 Å². The largest absolute Gasteiger partial charge is 0.309 e. The van der Waals surface area contributed by atoms with Gasteiger partial charge >= 0.3 is 0 Å². The van der Waals surface area contributed by atoms with Crippen molar-refractivity contribution >= 4 is 22.6 Å². The third-order valence-corrected chi connectivity index (χ3v) is 5.48. The molecule has 1 aromatic rings. The zero-order chi connectivity index (χ0) is 14.8. The molecule has 0 radical (unpaired) electrons. The summed E-state index contributed by atoms with van der Waals surface area (Å²) in [5.74, 6) is 0. The molecule has 1 saturated heterocycles. The van der Waals surface area contributed by atoms with E-state index < -0.39 is 0 Å². The standard InChI is InChI=1S/C17H27IN2/c1-5-17(6-2)12-19-16(3,4)13-20(17)11-14-7-9-15(18)10-8-14/h7-10,19H,5-6,11-13H2,1-4H3. The normalized spacial score (nSPS) is 21.9. The summed E-state index contributed by atoms with van der Waals surface area (Å²) >= 11 is 2.37. The van der Waals surface area contributed by atoms with Gasteiger partial charge in [0.05, 0.1) is 0 Å². The van der Waals surface area contributed by atoms with Crippen LogP contribution in [0.2, 0.25) is 0 Å². The number of nitrogens with zero attached hydrogens (tertiary/aromatic N) is 1. The molecule has 2 nitrogen and oxygen atoms in total. The van der Waals surface area contributed by atoms with Crippen LogP contribution in [0.3, 0.4) is 0 Å². The van der Waals surface area contributed by atoms with Gasteiger partial charge in [0.1, 0.15) is 0 Å². The van der Waals surface area contributed by atoms with Crippen LogP contribution in [-0.4, -0.2) is 29.1 Å². The first-order chi connectivity index (χ1) is 9.41. The van der Waals surface area contributed by atoms with Crippen LogP contribution in [0.15, 0.2) is 24.3 Å². The molecule has 0 spiro atoms. The van der Waals surface area contributed by atoms with Crippen molar-refractivity contribution in [2.75, 3.05) is 13.1 Å². The summed E-state index contributed by atoms with van der Waals surface area (Å²) < 4.78 is 1.31. The Morgan fingerprint density at radius 2 is 1.75 bits per heavy atom. The van der Waals surface area contributed by atoms with Gasteiger partial charge in [0.25, 0.3) is 0 Å². The highest BCUT2D eigenvalue weighted by Gasteiger charge is 2.41. The van der Waals surface area contributed by atoms with Crippen LogP contribution in [-0.2, 0) is 6.54 Å². The number of nitrogens with one attached hydrogen (secondary N) is 1. The van der Waals surface area contributed by atoms with E-state index in [9.17, 15) is 0 Å². The van der Waals surface area contributed by atoms with Crippen molar-refractivity contribution in [1.82, 2.24) is 10.2 Å². The maximum absolute atomic E-state index is 3.73. The average Bonchev–Trinajstić information content (AvgIpc) is 2.42. The van der Waals surface area contributed by atoms with Gasteiger partial charge in [-0.25, -0.2) is 0 Å². The van der Waals surface area contributed by atoms with E-state index in [0.717, 1.165) is 19.6 Å². The summed E-state index contributed by atoms with van der Waals surface area (Å²) in [5, 5.41) is 3.73. The lowest BCUT2D eigenvalue weighted by Crippen LogP contribution is -2.67. The van der Waals surface area contributed by atoms with Crippen LogP contribution in [0.1, 0.15) is 46.1 Å². The van der Waals surface area contributed by atoms with E-state index in [1.807, 2.05) is 0 Å². The van der Waals surface area contributed by atoms with E-state index in [2.05, 4.69) is 84.8 Å². The molecule has 1 heterocycles. The van der Waals surface area contributed by atoms with Crippen LogP contribution in [0.4, 0.5) is 0 Å². The van der Waals surface area contributed by atoms with Crippen LogP contribution in [0.25, 0.3) is 0 Å². The average molecular weight is 386 g/mol. The lowest BCUT2D eigenvalue weighted by atomic mass is 9.84. The second-order valence-corrected chi connectivity index (χ2v) is 7.90. The van der Waals surface area contributed by atoms with Gasteiger partial charge in [0, 0.05) is 34.3 Å². The number of hydrogen-bond acceptors (Lipinski definition) is 2. The van der Waals surface area contributed by atoms with Gasteiger partial charge in [-0.3, -0.25) is 4.90 Å². The Labute approximate surface area is 137 Å². The van der Waals surface area contributed by atoms with E-state index in [0.29, 0.717) is 5.54 Å². The molecule has 0 aromatic heterocycles. The highest BCUT2D eigenvalue weighted by atomic mass is 127. The highest BCUT2D eigenvalue weighted by molar-refractivity contribution is 14.1. The van der Waals surface area contributed by atoms with Gasteiger partial charge in [-0.2, -0.15) is 0 Å². The molecule has 112 valence electrons. The smallest absolute Gasteiger partial charge is 0.0333 e. The Bertz CT molecular complexity index is 435. The number of rotatable bonds is 4. The fraction of sp³-hybridized carbons (Fsp3) is 0.647. The van der Waals surface area contributed by atoms with E-state index in [1.165, 1.54) is 22.0 Å². The number of piperazine rings is 1. The molecule has 1 aliphatic rings. The summed E-state index contributed by atoms with van der Waals surface area (Å²) in [6, 6.07) is 8.96. The van der Waals surface area contributed by atoms with E-state index >= 15 is 0 Å². The first kappa shape index (κ1) is 16.2. The predicted octanol–water partition coefficient (Wildman–Crippen LogP) is 4.03. The first-order valence-corrected chi connectivity index (χ1v) is 8.73. The van der Waals surface area contributed by atoms with Crippen LogP contribution in [0, 0.1) is 3.57 Å². The van der Waals surface area contributed by atoms with Crippen molar-refractivity contribution in [3.05, 3.63) is 33.4 Å². The van der Waals surface area contributed by atoms with E-state index in [1.54, 1.807) is 0 Å². The molecular weight excluding hydrogens is 359 g/mol. The molecule has 0 atom stereocenters. The third-order valence-electron chi connectivity index (χ3n) is 4.76. The number of halogens is 1. The van der Waals surface area contributed by atoms with Gasteiger partial charge in [0.15, 0.2) is 0 Å². The minimum Gasteiger partial charge on any atom is -0.309 e. The van der Waals surface area contributed by atoms with Gasteiger partial charge in [-0.15, -0.1) is 0 Å². The fourth-order valence-corrected chi connectivity index (χ4v) is 3.56. The SMILES string of the molecule is CCC1(CC)CNC(C)(C)CN1Cc1ccc(I)cc1. The predicted molar refractivity (Wildman–Crippen MR) is 95.0 cm³/mol. The third kappa shape index (κ3) is 3.55. The lowest BCUT2D eigenvalue weighted by molar-refractivity contribution is 0.00233. The number of hydrogen-bond donors (Lipinski definition) is 1. The molecule has 0 unspecified atom stereocenters. The Hall–Kier alpha value is -0.130. The van der Waals surface area contributed by atoms with Crippen molar-refractivity contribution < 1.29 is 0 Å². The maximum atomic E-state index is 3.73. The molecule has 1 aromatic carbocycles. The van der Waals surface area contributed by atoms with Gasteiger partial charge in [0.2, 0.25) is 0 Å². The molecule has 20 heavy (non-hydrogen) atoms. The Morgan fingerprint density at radius 1 is 1.15 bits per heavy atom.